The second-order valence-electron chi connectivity index (χ2n) is 10.6. The Labute approximate surface area is 250 Å². The third kappa shape index (κ3) is 5.96. The summed E-state index contributed by atoms with van der Waals surface area (Å²) in [4.78, 5) is -0.511. The third-order valence-corrected chi connectivity index (χ3v) is 9.76. The molecular formula is C35H28O6S2. The van der Waals surface area contributed by atoms with Crippen LogP contribution < -0.4 is 0 Å². The first-order chi connectivity index (χ1) is 20.6. The van der Waals surface area contributed by atoms with Crippen LogP contribution in [0.3, 0.4) is 0 Å². The van der Waals surface area contributed by atoms with E-state index in [2.05, 4.69) is 0 Å². The molecule has 8 heteroatoms. The van der Waals surface area contributed by atoms with E-state index in [0.29, 0.717) is 21.9 Å². The zero-order chi connectivity index (χ0) is 30.2. The van der Waals surface area contributed by atoms with Crippen LogP contribution in [0.4, 0.5) is 0 Å². The van der Waals surface area contributed by atoms with Gasteiger partial charge in [0.25, 0.3) is 20.2 Å². The van der Waals surface area contributed by atoms with Crippen LogP contribution in [0.2, 0.25) is 0 Å². The summed E-state index contributed by atoms with van der Waals surface area (Å²) < 4.78 is 73.6. The van der Waals surface area contributed by atoms with Crippen molar-refractivity contribution in [3.05, 3.63) is 155 Å². The molecule has 0 saturated heterocycles. The summed E-state index contributed by atoms with van der Waals surface area (Å²) in [6.07, 6.45) is 0.294. The zero-order valence-corrected chi connectivity index (χ0v) is 24.6. The first-order valence-corrected chi connectivity index (χ1v) is 16.6. The van der Waals surface area contributed by atoms with Crippen LogP contribution in [0.1, 0.15) is 33.4 Å². The van der Waals surface area contributed by atoms with Crippen LogP contribution in [-0.2, 0) is 39.5 Å². The van der Waals surface area contributed by atoms with Crippen molar-refractivity contribution in [2.75, 3.05) is 0 Å². The zero-order valence-electron chi connectivity index (χ0n) is 23.0. The molecule has 0 unspecified atom stereocenters. The van der Waals surface area contributed by atoms with Crippen LogP contribution in [-0.4, -0.2) is 25.9 Å². The predicted molar refractivity (Wildman–Crippen MR) is 169 cm³/mol. The van der Waals surface area contributed by atoms with Gasteiger partial charge in [-0.1, -0.05) is 109 Å². The van der Waals surface area contributed by atoms with Crippen LogP contribution in [0.25, 0.3) is 21.5 Å². The van der Waals surface area contributed by atoms with Crippen LogP contribution >= 0.6 is 0 Å². The van der Waals surface area contributed by atoms with Crippen molar-refractivity contribution in [2.45, 2.75) is 29.1 Å². The van der Waals surface area contributed by atoms with Crippen molar-refractivity contribution in [2.24, 2.45) is 0 Å². The highest BCUT2D eigenvalue weighted by Gasteiger charge is 2.28. The normalized spacial score (nSPS) is 12.1. The lowest BCUT2D eigenvalue weighted by atomic mass is 9.90. The molecule has 0 spiro atoms. The number of hydrogen-bond donors (Lipinski definition) is 2. The maximum atomic E-state index is 13.1. The molecule has 0 atom stereocenters. The standard InChI is InChI=1S/C35H28O6S2/c36-42(37,38)34-28(21-26-15-7-9-17-30(26)32(34)19-24-11-3-1-4-12-24)23-29-22-27-16-8-10-18-31(27)33(35(29)43(39,40)41)20-25-13-5-2-6-14-25/h1-18,21-22H,19-20,23H2,(H,36,37,38)(H,39,40,41). The minimum absolute atomic E-state index is 0.163. The van der Waals surface area contributed by atoms with Gasteiger partial charge in [-0.15, -0.1) is 0 Å². The van der Waals surface area contributed by atoms with Gasteiger partial charge in [0.2, 0.25) is 0 Å². The van der Waals surface area contributed by atoms with Gasteiger partial charge in [0.15, 0.2) is 0 Å². The van der Waals surface area contributed by atoms with Crippen LogP contribution in [0, 0.1) is 0 Å². The summed E-state index contributed by atoms with van der Waals surface area (Å²) in [6, 6.07) is 36.6. The lowest BCUT2D eigenvalue weighted by Gasteiger charge is -2.20. The maximum absolute atomic E-state index is 13.1. The molecule has 43 heavy (non-hydrogen) atoms. The Balaban J connectivity index is 1.64. The molecule has 0 aliphatic heterocycles. The van der Waals surface area contributed by atoms with E-state index in [1.807, 2.05) is 97.1 Å². The smallest absolute Gasteiger partial charge is 0.282 e. The minimum atomic E-state index is -4.76. The molecule has 2 N–H and O–H groups in total. The molecular weight excluding hydrogens is 581 g/mol. The molecule has 0 heterocycles. The molecule has 0 amide bonds. The van der Waals surface area contributed by atoms with Crippen molar-refractivity contribution < 1.29 is 25.9 Å². The molecule has 6 rings (SSSR count). The number of rotatable bonds is 8. The van der Waals surface area contributed by atoms with Crippen LogP contribution in [0.15, 0.2) is 131 Å². The molecule has 0 aromatic heterocycles. The van der Waals surface area contributed by atoms with Gasteiger partial charge in [0, 0.05) is 6.42 Å². The summed E-state index contributed by atoms with van der Waals surface area (Å²) in [7, 11) is -9.51. The van der Waals surface area contributed by atoms with Gasteiger partial charge in [-0.25, -0.2) is 0 Å². The number of hydrogen-bond acceptors (Lipinski definition) is 4. The molecule has 216 valence electrons. The molecule has 0 aliphatic rings. The summed E-state index contributed by atoms with van der Waals surface area (Å²) in [6.45, 7) is 0. The summed E-state index contributed by atoms with van der Waals surface area (Å²) in [5, 5.41) is 2.83. The average molecular weight is 609 g/mol. The lowest BCUT2D eigenvalue weighted by molar-refractivity contribution is 0.480. The summed E-state index contributed by atoms with van der Waals surface area (Å²) in [5.74, 6) is 0. The first kappa shape index (κ1) is 28.8. The molecule has 0 bridgehead atoms. The highest BCUT2D eigenvalue weighted by atomic mass is 32.2. The van der Waals surface area contributed by atoms with Gasteiger partial charge in [-0.2, -0.15) is 16.8 Å². The predicted octanol–water partition coefficient (Wildman–Crippen LogP) is 7.26. The van der Waals surface area contributed by atoms with Crippen molar-refractivity contribution in [3.63, 3.8) is 0 Å². The molecule has 0 aliphatic carbocycles. The van der Waals surface area contributed by atoms with Gasteiger partial charge in [-0.3, -0.25) is 9.11 Å². The summed E-state index contributed by atoms with van der Waals surface area (Å²) in [5.41, 5.74) is 3.00. The van der Waals surface area contributed by atoms with Crippen molar-refractivity contribution in [1.82, 2.24) is 0 Å². The topological polar surface area (TPSA) is 109 Å². The Morgan fingerprint density at radius 2 is 0.791 bits per heavy atom. The fraction of sp³-hybridized carbons (Fsp3) is 0.0857. The number of fused-ring (bicyclic) bond motifs is 2. The Morgan fingerprint density at radius 3 is 1.16 bits per heavy atom. The molecule has 6 aromatic rings. The van der Waals surface area contributed by atoms with E-state index in [9.17, 15) is 25.9 Å². The molecule has 6 nitrogen and oxygen atoms in total. The molecule has 0 radical (unpaired) electrons. The summed E-state index contributed by atoms with van der Waals surface area (Å²) >= 11 is 0. The first-order valence-electron chi connectivity index (χ1n) is 13.7. The highest BCUT2D eigenvalue weighted by molar-refractivity contribution is 7.86. The van der Waals surface area contributed by atoms with Gasteiger partial charge < -0.3 is 0 Å². The monoisotopic (exact) mass is 608 g/mol. The second-order valence-corrected chi connectivity index (χ2v) is 13.3. The lowest BCUT2D eigenvalue weighted by Crippen LogP contribution is -2.13. The molecule has 0 fully saturated rings. The van der Waals surface area contributed by atoms with E-state index in [4.69, 9.17) is 0 Å². The van der Waals surface area contributed by atoms with Gasteiger partial charge >= 0.3 is 0 Å². The largest absolute Gasteiger partial charge is 0.295 e. The van der Waals surface area contributed by atoms with Crippen molar-refractivity contribution in [1.29, 1.82) is 0 Å². The fourth-order valence-corrected chi connectivity index (χ4v) is 7.91. The van der Waals surface area contributed by atoms with Gasteiger partial charge in [0.1, 0.15) is 9.79 Å². The average Bonchev–Trinajstić information content (AvgIpc) is 2.97. The Hall–Kier alpha value is -4.34. The molecule has 6 aromatic carbocycles. The van der Waals surface area contributed by atoms with E-state index in [-0.39, 0.29) is 40.2 Å². The van der Waals surface area contributed by atoms with Crippen molar-refractivity contribution >= 4 is 41.8 Å². The molecule has 0 saturated carbocycles. The Bertz CT molecular complexity index is 2030. The van der Waals surface area contributed by atoms with E-state index >= 15 is 0 Å². The SMILES string of the molecule is O=S(=O)(O)c1c(Cc2cc3ccccc3c(Cc3ccccc3)c2S(=O)(=O)O)cc2ccccc2c1Cc1ccccc1. The highest BCUT2D eigenvalue weighted by Crippen LogP contribution is 2.37. The van der Waals surface area contributed by atoms with Gasteiger partial charge in [0.05, 0.1) is 0 Å². The number of benzene rings is 6. The van der Waals surface area contributed by atoms with E-state index in [1.54, 1.807) is 24.3 Å². The third-order valence-electron chi connectivity index (χ3n) is 7.71. The maximum Gasteiger partial charge on any atom is 0.295 e. The van der Waals surface area contributed by atoms with Gasteiger partial charge in [-0.05, 0) is 79.9 Å². The quantitative estimate of drug-likeness (QED) is 0.176. The van der Waals surface area contributed by atoms with Crippen molar-refractivity contribution in [3.8, 4) is 0 Å². The Kier molecular flexibility index (Phi) is 7.62. The Morgan fingerprint density at radius 1 is 0.442 bits per heavy atom. The van der Waals surface area contributed by atoms with Crippen LogP contribution in [0.5, 0.6) is 0 Å². The fourth-order valence-electron chi connectivity index (χ4n) is 6.00. The van der Waals surface area contributed by atoms with E-state index < -0.39 is 20.2 Å². The van der Waals surface area contributed by atoms with E-state index in [1.165, 1.54) is 0 Å². The second kappa shape index (κ2) is 11.4. The van der Waals surface area contributed by atoms with E-state index in [0.717, 1.165) is 21.9 Å². The minimum Gasteiger partial charge on any atom is -0.282 e.